The molecule has 0 bridgehead atoms. The molecule has 0 saturated carbocycles. The zero-order valence-electron chi connectivity index (χ0n) is 79.6. The predicted molar refractivity (Wildman–Crippen MR) is 614 cm³/mol. The van der Waals surface area contributed by atoms with E-state index in [0.717, 1.165) is 93.9 Å². The van der Waals surface area contributed by atoms with Crippen molar-refractivity contribution in [2.45, 2.75) is 0 Å². The summed E-state index contributed by atoms with van der Waals surface area (Å²) < 4.78 is 33.4. The lowest BCUT2D eigenvalue weighted by molar-refractivity contribution is 0.666. The molecule has 9 aromatic heterocycles. The van der Waals surface area contributed by atoms with Gasteiger partial charge in [-0.1, -0.05) is 334 Å². The third-order valence-electron chi connectivity index (χ3n) is 30.4. The molecule has 0 fully saturated rings. The van der Waals surface area contributed by atoms with Crippen LogP contribution < -0.4 is 0 Å². The van der Waals surface area contributed by atoms with Gasteiger partial charge in [0.15, 0.2) is 5.58 Å². The highest BCUT2D eigenvalue weighted by Crippen LogP contribution is 2.49. The standard InChI is InChI=1S/2C48H30N2O.C42H26N2O/c1-2-13-31(14-3-1)34-15-4-8-20-41(34)49-42-21-9-5-16-35(42)39-29-32(25-27-44(39)49)33-26-28-45-40(30-33)36-17-6-10-22-43(36)50(45)46-23-12-19-38-37-18-7-11-24-47(37)51-48(38)46;1-2-12-31(13-3-1)35-14-4-8-18-42(35)50-44-20-10-6-16-37(44)41-29-33(23-27-46(41)50)32-22-26-45-40(28-32)36-15-5-9-19-43(36)49(45)34-24-25-39-38-17-7-11-21-47(38)51-48(39)30-34;1-2-11-29(12-3-1)43-35-16-7-4-13-30(35)33-25-27(21-23-37(33)43)28-22-24-38-34(26-28)31-14-5-8-17-36(31)44(38)39-18-10-20-41-42(39)32-15-6-9-19-40(32)45-41/h2*1-30H;1-26H. The van der Waals surface area contributed by atoms with Crippen LogP contribution in [0.5, 0.6) is 0 Å². The molecule has 0 unspecified atom stereocenters. The molecule has 0 N–H and O–H groups in total. The van der Waals surface area contributed by atoms with E-state index in [-0.39, 0.29) is 0 Å². The van der Waals surface area contributed by atoms with Gasteiger partial charge in [-0.3, -0.25) is 0 Å². The van der Waals surface area contributed by atoms with E-state index in [2.05, 4.69) is 513 Å². The lowest BCUT2D eigenvalue weighted by Crippen LogP contribution is -1.97. The summed E-state index contributed by atoms with van der Waals surface area (Å²) >= 11 is 0. The van der Waals surface area contributed by atoms with Gasteiger partial charge in [0.05, 0.1) is 94.3 Å². The minimum atomic E-state index is 0.898. The number of para-hydroxylation sites is 13. The first-order valence-electron chi connectivity index (χ1n) is 50.2. The third kappa shape index (κ3) is 13.2. The number of aromatic nitrogens is 6. The third-order valence-corrected chi connectivity index (χ3v) is 30.4. The van der Waals surface area contributed by atoms with Crippen LogP contribution in [0.3, 0.4) is 0 Å². The average molecular weight is 1880 g/mol. The van der Waals surface area contributed by atoms with E-state index in [1.165, 1.54) is 192 Å². The zero-order chi connectivity index (χ0) is 96.4. The Hall–Kier alpha value is -19.7. The smallest absolute Gasteiger partial charge is 0.159 e. The van der Waals surface area contributed by atoms with Crippen LogP contribution in [-0.4, -0.2) is 27.4 Å². The van der Waals surface area contributed by atoms with Crippen molar-refractivity contribution in [3.8, 4) is 89.8 Å². The predicted octanol–water partition coefficient (Wildman–Crippen LogP) is 37.7. The lowest BCUT2D eigenvalue weighted by Gasteiger charge is -2.14. The van der Waals surface area contributed by atoms with Gasteiger partial charge in [0.1, 0.15) is 27.9 Å². The molecule has 686 valence electrons. The fourth-order valence-corrected chi connectivity index (χ4v) is 23.9. The lowest BCUT2D eigenvalue weighted by atomic mass is 10.0. The molecule has 32 rings (SSSR count). The molecular weight excluding hydrogens is 1790 g/mol. The maximum absolute atomic E-state index is 6.52. The molecule has 0 aliphatic heterocycles. The van der Waals surface area contributed by atoms with Gasteiger partial charge in [0, 0.05) is 120 Å². The maximum atomic E-state index is 6.52. The molecule has 0 aliphatic rings. The van der Waals surface area contributed by atoms with Crippen LogP contribution in [0.15, 0.2) is 535 Å². The van der Waals surface area contributed by atoms with Gasteiger partial charge in [-0.25, -0.2) is 0 Å². The van der Waals surface area contributed by atoms with Gasteiger partial charge in [0.2, 0.25) is 0 Å². The molecule has 9 heteroatoms. The summed E-state index contributed by atoms with van der Waals surface area (Å²) in [4.78, 5) is 0. The van der Waals surface area contributed by atoms with Gasteiger partial charge in [0.25, 0.3) is 0 Å². The van der Waals surface area contributed by atoms with Crippen LogP contribution in [0.1, 0.15) is 0 Å². The monoisotopic (exact) mass is 1870 g/mol. The summed E-state index contributed by atoms with van der Waals surface area (Å²) in [6, 6.07) is 188. The van der Waals surface area contributed by atoms with Crippen molar-refractivity contribution in [2.24, 2.45) is 0 Å². The summed E-state index contributed by atoms with van der Waals surface area (Å²) in [6.45, 7) is 0. The summed E-state index contributed by atoms with van der Waals surface area (Å²) in [6.07, 6.45) is 0. The van der Waals surface area contributed by atoms with E-state index < -0.39 is 0 Å². The van der Waals surface area contributed by atoms with E-state index in [0.29, 0.717) is 0 Å². The molecule has 9 nitrogen and oxygen atoms in total. The van der Waals surface area contributed by atoms with Gasteiger partial charge < -0.3 is 40.7 Å². The van der Waals surface area contributed by atoms with Gasteiger partial charge in [-0.15, -0.1) is 0 Å². The summed E-state index contributed by atoms with van der Waals surface area (Å²) in [5.74, 6) is 0. The Labute approximate surface area is 842 Å². The Kier molecular flexibility index (Phi) is 18.9. The van der Waals surface area contributed by atoms with E-state index in [1.807, 2.05) is 36.4 Å². The van der Waals surface area contributed by atoms with Crippen molar-refractivity contribution in [1.29, 1.82) is 0 Å². The second kappa shape index (κ2) is 33.5. The van der Waals surface area contributed by atoms with E-state index in [9.17, 15) is 0 Å². The van der Waals surface area contributed by atoms with E-state index in [4.69, 9.17) is 13.3 Å². The molecule has 0 atom stereocenters. The Morgan fingerprint density at radius 2 is 0.388 bits per heavy atom. The minimum absolute atomic E-state index is 0.898. The van der Waals surface area contributed by atoms with Crippen LogP contribution >= 0.6 is 0 Å². The van der Waals surface area contributed by atoms with Crippen LogP contribution in [-0.2, 0) is 0 Å². The summed E-state index contributed by atoms with van der Waals surface area (Å²) in [5.41, 5.74) is 38.5. The first-order valence-corrected chi connectivity index (χ1v) is 50.2. The quantitative estimate of drug-likeness (QED) is 0.130. The highest BCUT2D eigenvalue weighted by molar-refractivity contribution is 6.20. The van der Waals surface area contributed by atoms with Gasteiger partial charge in [-0.05, 0) is 226 Å². The van der Waals surface area contributed by atoms with Crippen molar-refractivity contribution in [3.05, 3.63) is 522 Å². The Morgan fingerprint density at radius 1 is 0.122 bits per heavy atom. The normalized spacial score (nSPS) is 11.9. The molecule has 9 heterocycles. The minimum Gasteiger partial charge on any atom is -0.456 e. The number of rotatable bonds is 11. The van der Waals surface area contributed by atoms with Crippen molar-refractivity contribution in [1.82, 2.24) is 27.4 Å². The van der Waals surface area contributed by atoms with Crippen LogP contribution in [0, 0.1) is 0 Å². The Bertz CT molecular complexity index is 11000. The molecule has 0 aliphatic carbocycles. The van der Waals surface area contributed by atoms with Crippen LogP contribution in [0.4, 0.5) is 0 Å². The number of fused-ring (bicyclic) bond motifs is 27. The number of nitrogens with zero attached hydrogens (tertiary/aromatic N) is 6. The largest absolute Gasteiger partial charge is 0.456 e. The second-order valence-corrected chi connectivity index (χ2v) is 38.4. The molecule has 147 heavy (non-hydrogen) atoms. The van der Waals surface area contributed by atoms with E-state index in [1.54, 1.807) is 0 Å². The molecule has 0 radical (unpaired) electrons. The van der Waals surface area contributed by atoms with Crippen LogP contribution in [0.2, 0.25) is 0 Å². The molecule has 23 aromatic carbocycles. The topological polar surface area (TPSA) is 69.0 Å². The molecule has 0 saturated heterocycles. The van der Waals surface area contributed by atoms with Gasteiger partial charge >= 0.3 is 0 Å². The first-order chi connectivity index (χ1) is 72.9. The van der Waals surface area contributed by atoms with Crippen molar-refractivity contribution < 1.29 is 13.3 Å². The molecular formula is C138H86N6O3. The highest BCUT2D eigenvalue weighted by Gasteiger charge is 2.27. The zero-order valence-corrected chi connectivity index (χ0v) is 79.6. The summed E-state index contributed by atoms with van der Waals surface area (Å²) in [7, 11) is 0. The Balaban J connectivity index is 0.000000102. The maximum Gasteiger partial charge on any atom is 0.159 e. The number of furan rings is 3. The Morgan fingerprint density at radius 3 is 0.816 bits per heavy atom. The summed E-state index contributed by atoms with van der Waals surface area (Å²) in [5, 5.41) is 21.7. The molecule has 32 aromatic rings. The fraction of sp³-hybridized carbons (Fsp3) is 0. The molecule has 0 amide bonds. The number of benzene rings is 23. The highest BCUT2D eigenvalue weighted by atomic mass is 16.3. The van der Waals surface area contributed by atoms with Crippen molar-refractivity contribution in [3.63, 3.8) is 0 Å². The average Bonchev–Trinajstić information content (AvgIpc) is 1.59. The SMILES string of the molecule is c1ccc(-c2ccccc2-n2c3ccccc3c3cc(-c4ccc5c(c4)c4ccccc4n5-c4ccc5c(c4)oc4ccccc45)ccc32)cc1.c1ccc(-c2ccccc2-n2c3ccccc3c3cc(-c4ccc5c(c4)c4ccccc4n5-c4cccc5c4oc4ccccc45)ccc32)cc1.c1ccc(-n2c3ccccc3c3cc(-c4ccc5c(c4)c4ccccc4n5-c4cccc5oc6ccccc6c45)ccc32)cc1. The number of hydrogen-bond donors (Lipinski definition) is 0. The van der Waals surface area contributed by atoms with Crippen molar-refractivity contribution >= 4 is 197 Å². The van der Waals surface area contributed by atoms with E-state index >= 15 is 0 Å². The van der Waals surface area contributed by atoms with Crippen molar-refractivity contribution in [2.75, 3.05) is 0 Å². The fourth-order valence-electron chi connectivity index (χ4n) is 23.9. The second-order valence-electron chi connectivity index (χ2n) is 38.4. The number of hydrogen-bond acceptors (Lipinski definition) is 3. The first kappa shape index (κ1) is 83.1. The van der Waals surface area contributed by atoms with Gasteiger partial charge in [-0.2, -0.15) is 0 Å². The van der Waals surface area contributed by atoms with Crippen LogP contribution in [0.25, 0.3) is 286 Å². The molecule has 0 spiro atoms.